The largest absolute Gasteiger partial charge is 0.352 e. The zero-order valence-electron chi connectivity index (χ0n) is 18.7. The lowest BCUT2D eigenvalue weighted by Crippen LogP contribution is -2.41. The van der Waals surface area contributed by atoms with Gasteiger partial charge in [-0.3, -0.25) is 14.6 Å². The van der Waals surface area contributed by atoms with E-state index < -0.39 is 10.0 Å². The van der Waals surface area contributed by atoms with Crippen LogP contribution in [0.25, 0.3) is 0 Å². The molecule has 0 atom stereocenters. The summed E-state index contributed by atoms with van der Waals surface area (Å²) in [4.78, 5) is 31.2. The molecule has 2 aliphatic rings. The molecule has 0 unspecified atom stereocenters. The van der Waals surface area contributed by atoms with Gasteiger partial charge in [0.05, 0.1) is 10.5 Å². The smallest absolute Gasteiger partial charge is 0.255 e. The van der Waals surface area contributed by atoms with Gasteiger partial charge in [0.2, 0.25) is 10.0 Å². The molecule has 8 nitrogen and oxygen atoms in total. The predicted octanol–water partition coefficient (Wildman–Crippen LogP) is 2.54. The number of carbonyl (C=O) groups is 2. The van der Waals surface area contributed by atoms with E-state index in [-0.39, 0.29) is 16.7 Å². The van der Waals surface area contributed by atoms with Gasteiger partial charge in [-0.05, 0) is 68.0 Å². The second-order valence-corrected chi connectivity index (χ2v) is 10.6. The summed E-state index contributed by atoms with van der Waals surface area (Å²) in [7, 11) is -3.50. The molecular weight excluding hydrogens is 440 g/mol. The SMILES string of the molecule is O=C(NCC1CCN(C(=O)c2cccnc2)CC1)c1ccc(S(=O)(=O)N2CCCCC2)cc1. The summed E-state index contributed by atoms with van der Waals surface area (Å²) in [5.74, 6) is 0.0709. The number of nitrogens with one attached hydrogen (secondary N) is 1. The van der Waals surface area contributed by atoms with Gasteiger partial charge in [0.15, 0.2) is 0 Å². The maximum atomic E-state index is 12.8. The lowest BCUT2D eigenvalue weighted by atomic mass is 9.96. The molecule has 0 aliphatic carbocycles. The molecule has 1 aromatic carbocycles. The van der Waals surface area contributed by atoms with E-state index in [0.29, 0.717) is 49.8 Å². The number of hydrogen-bond acceptors (Lipinski definition) is 5. The normalized spacial score (nSPS) is 18.1. The maximum Gasteiger partial charge on any atom is 0.255 e. The van der Waals surface area contributed by atoms with Gasteiger partial charge in [0, 0.05) is 50.7 Å². The fraction of sp³-hybridized carbons (Fsp3) is 0.458. The standard InChI is InChI=1S/C24H30N4O4S/c29-23(20-6-8-22(9-7-20)33(31,32)28-13-2-1-3-14-28)26-17-19-10-15-27(16-11-19)24(30)21-5-4-12-25-18-21/h4-9,12,18-19H,1-3,10-11,13-17H2,(H,26,29). The summed E-state index contributed by atoms with van der Waals surface area (Å²) in [6.45, 7) is 2.94. The molecule has 0 radical (unpaired) electrons. The minimum atomic E-state index is -3.50. The van der Waals surface area contributed by atoms with Crippen molar-refractivity contribution in [2.24, 2.45) is 5.92 Å². The van der Waals surface area contributed by atoms with Gasteiger partial charge in [-0.15, -0.1) is 0 Å². The molecule has 0 saturated carbocycles. The summed E-state index contributed by atoms with van der Waals surface area (Å²) in [5.41, 5.74) is 1.03. The van der Waals surface area contributed by atoms with Crippen molar-refractivity contribution in [3.05, 3.63) is 59.9 Å². The number of amides is 2. The van der Waals surface area contributed by atoms with Crippen LogP contribution in [0.2, 0.25) is 0 Å². The van der Waals surface area contributed by atoms with E-state index in [4.69, 9.17) is 0 Å². The van der Waals surface area contributed by atoms with Crippen LogP contribution >= 0.6 is 0 Å². The number of carbonyl (C=O) groups excluding carboxylic acids is 2. The summed E-state index contributed by atoms with van der Waals surface area (Å²) < 4.78 is 27.0. The van der Waals surface area contributed by atoms with E-state index in [2.05, 4.69) is 10.3 Å². The zero-order chi connectivity index (χ0) is 23.3. The molecular formula is C24H30N4O4S. The van der Waals surface area contributed by atoms with Crippen LogP contribution in [0.15, 0.2) is 53.7 Å². The number of hydrogen-bond donors (Lipinski definition) is 1. The fourth-order valence-corrected chi connectivity index (χ4v) is 5.90. The Morgan fingerprint density at radius 3 is 2.27 bits per heavy atom. The van der Waals surface area contributed by atoms with Gasteiger partial charge in [0.25, 0.3) is 11.8 Å². The number of piperidine rings is 2. The van der Waals surface area contributed by atoms with E-state index in [0.717, 1.165) is 32.1 Å². The minimum absolute atomic E-state index is 0.00909. The molecule has 176 valence electrons. The van der Waals surface area contributed by atoms with Crippen LogP contribution in [-0.2, 0) is 10.0 Å². The molecule has 2 aliphatic heterocycles. The number of aromatic nitrogens is 1. The van der Waals surface area contributed by atoms with Crippen LogP contribution in [0, 0.1) is 5.92 Å². The summed E-state index contributed by atoms with van der Waals surface area (Å²) in [6, 6.07) is 9.70. The molecule has 3 heterocycles. The Labute approximate surface area is 195 Å². The molecule has 1 aromatic heterocycles. The fourth-order valence-electron chi connectivity index (χ4n) is 4.38. The Balaban J connectivity index is 1.26. The second-order valence-electron chi connectivity index (χ2n) is 8.68. The van der Waals surface area contributed by atoms with Crippen molar-refractivity contribution in [2.45, 2.75) is 37.0 Å². The molecule has 9 heteroatoms. The van der Waals surface area contributed by atoms with Gasteiger partial charge in [0.1, 0.15) is 0 Å². The Morgan fingerprint density at radius 1 is 0.939 bits per heavy atom. The topological polar surface area (TPSA) is 99.7 Å². The Hall–Kier alpha value is -2.78. The van der Waals surface area contributed by atoms with Crippen LogP contribution in [0.5, 0.6) is 0 Å². The molecule has 33 heavy (non-hydrogen) atoms. The van der Waals surface area contributed by atoms with E-state index in [9.17, 15) is 18.0 Å². The quantitative estimate of drug-likeness (QED) is 0.699. The molecule has 2 fully saturated rings. The first-order chi connectivity index (χ1) is 15.9. The van der Waals surface area contributed by atoms with Gasteiger partial charge in [-0.1, -0.05) is 6.42 Å². The van der Waals surface area contributed by atoms with Crippen LogP contribution in [0.4, 0.5) is 0 Å². The lowest BCUT2D eigenvalue weighted by Gasteiger charge is -2.32. The van der Waals surface area contributed by atoms with Gasteiger partial charge < -0.3 is 10.2 Å². The molecule has 2 amide bonds. The predicted molar refractivity (Wildman–Crippen MR) is 124 cm³/mol. The number of pyridine rings is 1. The van der Waals surface area contributed by atoms with Gasteiger partial charge in [-0.2, -0.15) is 4.31 Å². The number of rotatable bonds is 6. The Kier molecular flexibility index (Phi) is 7.39. The van der Waals surface area contributed by atoms with E-state index in [1.807, 2.05) is 4.90 Å². The van der Waals surface area contributed by atoms with Crippen molar-refractivity contribution in [1.82, 2.24) is 19.5 Å². The van der Waals surface area contributed by atoms with Crippen LogP contribution in [-0.4, -0.2) is 67.1 Å². The van der Waals surface area contributed by atoms with Crippen LogP contribution < -0.4 is 5.32 Å². The van der Waals surface area contributed by atoms with Crippen molar-refractivity contribution in [3.8, 4) is 0 Å². The molecule has 0 spiro atoms. The van der Waals surface area contributed by atoms with Crippen molar-refractivity contribution < 1.29 is 18.0 Å². The lowest BCUT2D eigenvalue weighted by molar-refractivity contribution is 0.0684. The Morgan fingerprint density at radius 2 is 1.64 bits per heavy atom. The molecule has 1 N–H and O–H groups in total. The maximum absolute atomic E-state index is 12.8. The number of nitrogens with zero attached hydrogens (tertiary/aromatic N) is 3. The van der Waals surface area contributed by atoms with E-state index in [1.54, 1.807) is 36.7 Å². The van der Waals surface area contributed by atoms with Gasteiger partial charge >= 0.3 is 0 Å². The Bertz CT molecular complexity index is 1060. The highest BCUT2D eigenvalue weighted by atomic mass is 32.2. The first kappa shape index (κ1) is 23.4. The third kappa shape index (κ3) is 5.59. The molecule has 2 aromatic rings. The first-order valence-corrected chi connectivity index (χ1v) is 13.0. The monoisotopic (exact) mass is 470 g/mol. The average Bonchev–Trinajstić information content (AvgIpc) is 2.88. The van der Waals surface area contributed by atoms with Crippen molar-refractivity contribution >= 4 is 21.8 Å². The summed E-state index contributed by atoms with van der Waals surface area (Å²) >= 11 is 0. The summed E-state index contributed by atoms with van der Waals surface area (Å²) in [6.07, 6.45) is 7.70. The van der Waals surface area contributed by atoms with Crippen molar-refractivity contribution in [3.63, 3.8) is 0 Å². The molecule has 4 rings (SSSR count). The third-order valence-corrected chi connectivity index (χ3v) is 8.34. The van der Waals surface area contributed by atoms with E-state index >= 15 is 0 Å². The zero-order valence-corrected chi connectivity index (χ0v) is 19.5. The highest BCUT2D eigenvalue weighted by molar-refractivity contribution is 7.89. The number of benzene rings is 1. The molecule has 0 bridgehead atoms. The van der Waals surface area contributed by atoms with Crippen molar-refractivity contribution in [2.75, 3.05) is 32.7 Å². The average molecular weight is 471 g/mol. The van der Waals surface area contributed by atoms with Gasteiger partial charge in [-0.25, -0.2) is 8.42 Å². The third-order valence-electron chi connectivity index (χ3n) is 6.43. The number of likely N-dealkylation sites (tertiary alicyclic amines) is 1. The van der Waals surface area contributed by atoms with Crippen molar-refractivity contribution in [1.29, 1.82) is 0 Å². The summed E-state index contributed by atoms with van der Waals surface area (Å²) in [5, 5.41) is 2.95. The highest BCUT2D eigenvalue weighted by Gasteiger charge is 2.26. The highest BCUT2D eigenvalue weighted by Crippen LogP contribution is 2.21. The van der Waals surface area contributed by atoms with E-state index in [1.165, 1.54) is 16.4 Å². The number of sulfonamides is 1. The van der Waals surface area contributed by atoms with Crippen LogP contribution in [0.1, 0.15) is 52.8 Å². The first-order valence-electron chi connectivity index (χ1n) is 11.5. The minimum Gasteiger partial charge on any atom is -0.352 e. The molecule has 2 saturated heterocycles. The second kappa shape index (κ2) is 10.4. The van der Waals surface area contributed by atoms with Crippen LogP contribution in [0.3, 0.4) is 0 Å².